The van der Waals surface area contributed by atoms with Crippen molar-refractivity contribution in [2.75, 3.05) is 6.54 Å². The van der Waals surface area contributed by atoms with Gasteiger partial charge < -0.3 is 11.1 Å². The van der Waals surface area contributed by atoms with E-state index < -0.39 is 10.0 Å². The normalized spacial score (nSPS) is 20.7. The van der Waals surface area contributed by atoms with Gasteiger partial charge in [0, 0.05) is 25.0 Å². The van der Waals surface area contributed by atoms with Crippen LogP contribution in [0.1, 0.15) is 31.4 Å². The first-order chi connectivity index (χ1) is 9.38. The Morgan fingerprint density at radius 1 is 1.40 bits per heavy atom. The topological polar surface area (TPSA) is 101 Å². The van der Waals surface area contributed by atoms with Crippen LogP contribution in [0.2, 0.25) is 0 Å². The molecule has 4 N–H and O–H groups in total. The van der Waals surface area contributed by atoms with Crippen LogP contribution in [0.3, 0.4) is 0 Å². The maximum Gasteiger partial charge on any atom is 0.240 e. The molecule has 2 rings (SSSR count). The van der Waals surface area contributed by atoms with Gasteiger partial charge in [0.2, 0.25) is 15.9 Å². The summed E-state index contributed by atoms with van der Waals surface area (Å²) in [6.45, 7) is 2.05. The van der Waals surface area contributed by atoms with Crippen LogP contribution in [0.15, 0.2) is 29.2 Å². The Morgan fingerprint density at radius 2 is 2.05 bits per heavy atom. The van der Waals surface area contributed by atoms with Crippen molar-refractivity contribution in [2.24, 2.45) is 5.73 Å². The number of hydrogen-bond acceptors (Lipinski definition) is 4. The van der Waals surface area contributed by atoms with E-state index in [-0.39, 0.29) is 29.4 Å². The average molecular weight is 297 g/mol. The highest BCUT2D eigenvalue weighted by molar-refractivity contribution is 7.89. The van der Waals surface area contributed by atoms with Gasteiger partial charge in [0.25, 0.3) is 0 Å². The molecule has 1 aliphatic rings. The maximum absolute atomic E-state index is 12.1. The lowest BCUT2D eigenvalue weighted by Gasteiger charge is -2.12. The zero-order valence-corrected chi connectivity index (χ0v) is 12.1. The summed E-state index contributed by atoms with van der Waals surface area (Å²) in [6.07, 6.45) is 1.11. The van der Waals surface area contributed by atoms with E-state index in [0.29, 0.717) is 12.8 Å². The molecule has 0 bridgehead atoms. The predicted molar refractivity (Wildman–Crippen MR) is 75.4 cm³/mol. The average Bonchev–Trinajstić information content (AvgIpc) is 2.82. The molecule has 110 valence electrons. The van der Waals surface area contributed by atoms with Crippen LogP contribution in [-0.2, 0) is 14.8 Å². The molecule has 0 saturated carbocycles. The first-order valence-corrected chi connectivity index (χ1v) is 8.01. The summed E-state index contributed by atoms with van der Waals surface area (Å²) in [7, 11) is -3.55. The summed E-state index contributed by atoms with van der Waals surface area (Å²) >= 11 is 0. The molecule has 1 fully saturated rings. The van der Waals surface area contributed by atoms with Crippen molar-refractivity contribution >= 4 is 15.9 Å². The van der Waals surface area contributed by atoms with Crippen molar-refractivity contribution in [1.82, 2.24) is 10.0 Å². The molecule has 7 heteroatoms. The van der Waals surface area contributed by atoms with Crippen molar-refractivity contribution in [3.05, 3.63) is 29.8 Å². The molecule has 0 radical (unpaired) electrons. The number of nitrogens with one attached hydrogen (secondary N) is 2. The van der Waals surface area contributed by atoms with Crippen LogP contribution in [0, 0.1) is 0 Å². The minimum atomic E-state index is -3.55. The number of carbonyl (C=O) groups is 1. The van der Waals surface area contributed by atoms with Crippen LogP contribution < -0.4 is 15.8 Å². The number of carbonyl (C=O) groups excluding carboxylic acids is 1. The second-order valence-corrected chi connectivity index (χ2v) is 6.78. The molecule has 0 spiro atoms. The molecule has 1 aromatic carbocycles. The van der Waals surface area contributed by atoms with Gasteiger partial charge in [-0.05, 0) is 31.0 Å². The summed E-state index contributed by atoms with van der Waals surface area (Å²) in [4.78, 5) is 11.2. The number of sulfonamides is 1. The smallest absolute Gasteiger partial charge is 0.240 e. The molecule has 2 unspecified atom stereocenters. The minimum absolute atomic E-state index is 0.0320. The van der Waals surface area contributed by atoms with Gasteiger partial charge in [-0.2, -0.15) is 0 Å². The molecule has 2 atom stereocenters. The van der Waals surface area contributed by atoms with Crippen LogP contribution >= 0.6 is 0 Å². The Hall–Kier alpha value is -1.44. The minimum Gasteiger partial charge on any atom is -0.352 e. The van der Waals surface area contributed by atoms with Gasteiger partial charge >= 0.3 is 0 Å². The second kappa shape index (κ2) is 5.90. The summed E-state index contributed by atoms with van der Waals surface area (Å²) in [5, 5.41) is 2.72. The highest BCUT2D eigenvalue weighted by atomic mass is 32.2. The van der Waals surface area contributed by atoms with Gasteiger partial charge in [-0.1, -0.05) is 12.1 Å². The van der Waals surface area contributed by atoms with Crippen molar-refractivity contribution in [1.29, 1.82) is 0 Å². The number of nitrogens with two attached hydrogens (primary N) is 1. The number of benzene rings is 1. The predicted octanol–water partition coefficient (Wildman–Crippen LogP) is 0.263. The SMILES string of the molecule is CC(N)c1ccc(S(=O)(=O)NCC2CCC(=O)N2)cc1. The van der Waals surface area contributed by atoms with E-state index in [2.05, 4.69) is 10.0 Å². The maximum atomic E-state index is 12.1. The Balaban J connectivity index is 2.00. The van der Waals surface area contributed by atoms with E-state index in [9.17, 15) is 13.2 Å². The van der Waals surface area contributed by atoms with Crippen molar-refractivity contribution in [3.8, 4) is 0 Å². The van der Waals surface area contributed by atoms with Crippen LogP contribution in [-0.4, -0.2) is 26.9 Å². The van der Waals surface area contributed by atoms with E-state index in [4.69, 9.17) is 5.73 Å². The summed E-state index contributed by atoms with van der Waals surface area (Å²) in [6, 6.07) is 6.23. The third-order valence-corrected chi connectivity index (χ3v) is 4.76. The Labute approximate surface area is 118 Å². The van der Waals surface area contributed by atoms with Crippen molar-refractivity contribution in [2.45, 2.75) is 36.7 Å². The summed E-state index contributed by atoms with van der Waals surface area (Å²) < 4.78 is 26.7. The molecule has 1 saturated heterocycles. The third-order valence-electron chi connectivity index (χ3n) is 3.32. The largest absolute Gasteiger partial charge is 0.352 e. The highest BCUT2D eigenvalue weighted by Gasteiger charge is 2.23. The molecule has 1 aliphatic heterocycles. The number of rotatable bonds is 5. The summed E-state index contributed by atoms with van der Waals surface area (Å²) in [5.74, 6) is -0.0320. The number of hydrogen-bond donors (Lipinski definition) is 3. The van der Waals surface area contributed by atoms with Gasteiger partial charge in [-0.25, -0.2) is 13.1 Å². The molecule has 0 aliphatic carbocycles. The zero-order chi connectivity index (χ0) is 14.8. The Morgan fingerprint density at radius 3 is 2.55 bits per heavy atom. The van der Waals surface area contributed by atoms with E-state index >= 15 is 0 Å². The van der Waals surface area contributed by atoms with Crippen molar-refractivity contribution < 1.29 is 13.2 Å². The van der Waals surface area contributed by atoms with Crippen LogP contribution in [0.4, 0.5) is 0 Å². The lowest BCUT2D eigenvalue weighted by Crippen LogP contribution is -2.38. The van der Waals surface area contributed by atoms with E-state index in [1.54, 1.807) is 12.1 Å². The van der Waals surface area contributed by atoms with Crippen LogP contribution in [0.25, 0.3) is 0 Å². The molecule has 0 aromatic heterocycles. The first-order valence-electron chi connectivity index (χ1n) is 6.53. The van der Waals surface area contributed by atoms with Crippen molar-refractivity contribution in [3.63, 3.8) is 0 Å². The van der Waals surface area contributed by atoms with Gasteiger partial charge in [0.1, 0.15) is 0 Å². The summed E-state index contributed by atoms with van der Waals surface area (Å²) in [5.41, 5.74) is 6.60. The third kappa shape index (κ3) is 3.56. The molecule has 20 heavy (non-hydrogen) atoms. The molecular weight excluding hydrogens is 278 g/mol. The molecule has 1 amide bonds. The van der Waals surface area contributed by atoms with Gasteiger partial charge in [0.05, 0.1) is 4.90 Å². The Bertz CT molecular complexity index is 581. The number of amides is 1. The van der Waals surface area contributed by atoms with Gasteiger partial charge in [0.15, 0.2) is 0 Å². The van der Waals surface area contributed by atoms with Gasteiger partial charge in [-0.3, -0.25) is 4.79 Å². The lowest BCUT2D eigenvalue weighted by molar-refractivity contribution is -0.119. The van der Waals surface area contributed by atoms with E-state index in [1.807, 2.05) is 6.92 Å². The lowest BCUT2D eigenvalue weighted by atomic mass is 10.1. The Kier molecular flexibility index (Phi) is 4.42. The zero-order valence-electron chi connectivity index (χ0n) is 11.3. The molecule has 1 aromatic rings. The van der Waals surface area contributed by atoms with E-state index in [0.717, 1.165) is 5.56 Å². The molecule has 1 heterocycles. The second-order valence-electron chi connectivity index (χ2n) is 5.01. The molecular formula is C13H19N3O3S. The van der Waals surface area contributed by atoms with E-state index in [1.165, 1.54) is 12.1 Å². The highest BCUT2D eigenvalue weighted by Crippen LogP contribution is 2.15. The van der Waals surface area contributed by atoms with Gasteiger partial charge in [-0.15, -0.1) is 0 Å². The fourth-order valence-corrected chi connectivity index (χ4v) is 3.16. The first kappa shape index (κ1) is 15.0. The van der Waals surface area contributed by atoms with Crippen LogP contribution in [0.5, 0.6) is 0 Å². The quantitative estimate of drug-likeness (QED) is 0.725. The fraction of sp³-hybridized carbons (Fsp3) is 0.462. The fourth-order valence-electron chi connectivity index (χ4n) is 2.07. The monoisotopic (exact) mass is 297 g/mol. The molecule has 6 nitrogen and oxygen atoms in total. The standard InChI is InChI=1S/C13H19N3O3S/c1-9(14)10-2-5-12(6-3-10)20(18,19)15-8-11-4-7-13(17)16-11/h2-3,5-6,9,11,15H,4,7-8,14H2,1H3,(H,16,17).